The van der Waals surface area contributed by atoms with Crippen molar-refractivity contribution in [1.82, 2.24) is 4.98 Å². The smallest absolute Gasteiger partial charge is 0.228 e. The fraction of sp³-hybridized carbons (Fsp3) is 0.583. The molecular formula is C12H16BrNO2. The summed E-state index contributed by atoms with van der Waals surface area (Å²) in [5.41, 5.74) is 1.12. The van der Waals surface area contributed by atoms with Crippen LogP contribution in [0.1, 0.15) is 24.8 Å². The second-order valence-electron chi connectivity index (χ2n) is 4.10. The maximum Gasteiger partial charge on any atom is 0.228 e. The minimum atomic E-state index is 0.226. The van der Waals surface area contributed by atoms with Crippen LogP contribution in [0.2, 0.25) is 0 Å². The molecule has 1 aromatic rings. The van der Waals surface area contributed by atoms with E-state index < -0.39 is 0 Å². The molecule has 1 unspecified atom stereocenters. The van der Waals surface area contributed by atoms with Crippen LogP contribution in [-0.4, -0.2) is 24.3 Å². The topological polar surface area (TPSA) is 31.4 Å². The van der Waals surface area contributed by atoms with E-state index in [1.54, 1.807) is 0 Å². The van der Waals surface area contributed by atoms with E-state index >= 15 is 0 Å². The van der Waals surface area contributed by atoms with Gasteiger partial charge in [-0.05, 0) is 53.7 Å². The van der Waals surface area contributed by atoms with Crippen LogP contribution in [0.4, 0.5) is 0 Å². The number of hydrogen-bond donors (Lipinski definition) is 0. The Labute approximate surface area is 104 Å². The van der Waals surface area contributed by atoms with Gasteiger partial charge in [0.2, 0.25) is 5.88 Å². The van der Waals surface area contributed by atoms with E-state index in [1.165, 1.54) is 12.8 Å². The maximum atomic E-state index is 5.65. The summed E-state index contributed by atoms with van der Waals surface area (Å²) in [6.45, 7) is 3.46. The van der Waals surface area contributed by atoms with Crippen molar-refractivity contribution in [2.75, 3.05) is 13.2 Å². The molecule has 1 aliphatic heterocycles. The first-order valence-corrected chi connectivity index (χ1v) is 6.41. The zero-order valence-corrected chi connectivity index (χ0v) is 11.0. The molecule has 0 bridgehead atoms. The third-order valence-corrected chi connectivity index (χ3v) is 3.19. The molecule has 0 aliphatic carbocycles. The van der Waals surface area contributed by atoms with E-state index in [9.17, 15) is 0 Å². The Bertz CT molecular complexity index is 351. The van der Waals surface area contributed by atoms with Gasteiger partial charge in [0.05, 0.1) is 10.6 Å². The van der Waals surface area contributed by atoms with Crippen molar-refractivity contribution < 1.29 is 9.47 Å². The summed E-state index contributed by atoms with van der Waals surface area (Å²) in [7, 11) is 0. The van der Waals surface area contributed by atoms with Gasteiger partial charge in [0, 0.05) is 12.8 Å². The molecule has 0 radical (unpaired) electrons. The van der Waals surface area contributed by atoms with Gasteiger partial charge in [0.1, 0.15) is 6.61 Å². The number of halogens is 1. The van der Waals surface area contributed by atoms with Gasteiger partial charge in [-0.15, -0.1) is 0 Å². The van der Waals surface area contributed by atoms with Crippen molar-refractivity contribution in [3.05, 3.63) is 22.3 Å². The Hall–Kier alpha value is -0.610. The molecule has 2 heterocycles. The zero-order chi connectivity index (χ0) is 11.4. The van der Waals surface area contributed by atoms with Crippen molar-refractivity contribution in [3.8, 4) is 5.88 Å². The minimum Gasteiger partial charge on any atom is -0.474 e. The molecule has 2 rings (SSSR count). The lowest BCUT2D eigenvalue weighted by atomic mass is 10.1. The number of pyridine rings is 1. The number of rotatable bonds is 3. The van der Waals surface area contributed by atoms with E-state index in [1.807, 2.05) is 19.2 Å². The first kappa shape index (κ1) is 11.9. The lowest BCUT2D eigenvalue weighted by Crippen LogP contribution is -2.26. The second kappa shape index (κ2) is 5.64. The van der Waals surface area contributed by atoms with Crippen LogP contribution < -0.4 is 4.74 Å². The first-order valence-electron chi connectivity index (χ1n) is 5.62. The molecule has 1 fully saturated rings. The molecule has 0 saturated carbocycles. The Morgan fingerprint density at radius 2 is 2.44 bits per heavy atom. The zero-order valence-electron chi connectivity index (χ0n) is 9.41. The van der Waals surface area contributed by atoms with Crippen molar-refractivity contribution >= 4 is 15.9 Å². The Morgan fingerprint density at radius 1 is 1.56 bits per heavy atom. The molecule has 88 valence electrons. The average Bonchev–Trinajstić information content (AvgIpc) is 2.29. The van der Waals surface area contributed by atoms with Crippen LogP contribution in [0.3, 0.4) is 0 Å². The SMILES string of the molecule is Cc1cnc(OCC2CCCCO2)c(Br)c1. The number of aryl methyl sites for hydroxylation is 1. The Balaban J connectivity index is 1.88. The predicted molar refractivity (Wildman–Crippen MR) is 65.8 cm³/mol. The highest BCUT2D eigenvalue weighted by Crippen LogP contribution is 2.23. The lowest BCUT2D eigenvalue weighted by molar-refractivity contribution is -0.0121. The molecule has 1 saturated heterocycles. The van der Waals surface area contributed by atoms with Crippen molar-refractivity contribution in [2.45, 2.75) is 32.3 Å². The lowest BCUT2D eigenvalue weighted by Gasteiger charge is -2.22. The molecule has 1 atom stereocenters. The third kappa shape index (κ3) is 3.19. The van der Waals surface area contributed by atoms with E-state index in [0.717, 1.165) is 23.1 Å². The number of ether oxygens (including phenoxy) is 2. The maximum absolute atomic E-state index is 5.65. The summed E-state index contributed by atoms with van der Waals surface area (Å²) in [5.74, 6) is 0.653. The highest BCUT2D eigenvalue weighted by atomic mass is 79.9. The minimum absolute atomic E-state index is 0.226. The van der Waals surface area contributed by atoms with Crippen molar-refractivity contribution in [2.24, 2.45) is 0 Å². The molecule has 0 aromatic carbocycles. The van der Waals surface area contributed by atoms with Gasteiger partial charge in [0.15, 0.2) is 0 Å². The van der Waals surface area contributed by atoms with Crippen LogP contribution in [0, 0.1) is 6.92 Å². The molecule has 0 spiro atoms. The summed E-state index contributed by atoms with van der Waals surface area (Å²) < 4.78 is 12.1. The van der Waals surface area contributed by atoms with E-state index in [4.69, 9.17) is 9.47 Å². The van der Waals surface area contributed by atoms with Crippen LogP contribution >= 0.6 is 15.9 Å². The average molecular weight is 286 g/mol. The molecule has 1 aromatic heterocycles. The summed E-state index contributed by atoms with van der Waals surface area (Å²) in [4.78, 5) is 4.24. The van der Waals surface area contributed by atoms with Gasteiger partial charge < -0.3 is 9.47 Å². The monoisotopic (exact) mass is 285 g/mol. The van der Waals surface area contributed by atoms with E-state index in [2.05, 4.69) is 20.9 Å². The quantitative estimate of drug-likeness (QED) is 0.855. The van der Waals surface area contributed by atoms with Gasteiger partial charge in [-0.25, -0.2) is 4.98 Å². The summed E-state index contributed by atoms with van der Waals surface area (Å²) in [5, 5.41) is 0. The van der Waals surface area contributed by atoms with Gasteiger partial charge in [-0.3, -0.25) is 0 Å². The Morgan fingerprint density at radius 3 is 3.12 bits per heavy atom. The standard InChI is InChI=1S/C12H16BrNO2/c1-9-6-11(13)12(14-7-9)16-8-10-4-2-3-5-15-10/h6-7,10H,2-5,8H2,1H3. The summed E-state index contributed by atoms with van der Waals surface area (Å²) in [6.07, 6.45) is 5.52. The molecule has 4 heteroatoms. The van der Waals surface area contributed by atoms with Crippen LogP contribution in [-0.2, 0) is 4.74 Å². The molecule has 3 nitrogen and oxygen atoms in total. The van der Waals surface area contributed by atoms with Crippen LogP contribution in [0.25, 0.3) is 0 Å². The van der Waals surface area contributed by atoms with E-state index in [-0.39, 0.29) is 6.10 Å². The van der Waals surface area contributed by atoms with Crippen LogP contribution in [0.5, 0.6) is 5.88 Å². The van der Waals surface area contributed by atoms with Crippen LogP contribution in [0.15, 0.2) is 16.7 Å². The number of nitrogens with zero attached hydrogens (tertiary/aromatic N) is 1. The van der Waals surface area contributed by atoms with Gasteiger partial charge in [-0.2, -0.15) is 0 Å². The molecule has 0 amide bonds. The van der Waals surface area contributed by atoms with E-state index in [0.29, 0.717) is 12.5 Å². The van der Waals surface area contributed by atoms with Crippen molar-refractivity contribution in [1.29, 1.82) is 0 Å². The summed E-state index contributed by atoms with van der Waals surface area (Å²) in [6, 6.07) is 2.00. The summed E-state index contributed by atoms with van der Waals surface area (Å²) >= 11 is 3.44. The predicted octanol–water partition coefficient (Wildman–Crippen LogP) is 3.10. The highest BCUT2D eigenvalue weighted by molar-refractivity contribution is 9.10. The number of aromatic nitrogens is 1. The number of hydrogen-bond acceptors (Lipinski definition) is 3. The van der Waals surface area contributed by atoms with Gasteiger partial charge in [-0.1, -0.05) is 0 Å². The van der Waals surface area contributed by atoms with Gasteiger partial charge >= 0.3 is 0 Å². The fourth-order valence-corrected chi connectivity index (χ4v) is 2.32. The molecular weight excluding hydrogens is 270 g/mol. The third-order valence-electron chi connectivity index (χ3n) is 2.62. The normalized spacial score (nSPS) is 20.8. The Kier molecular flexibility index (Phi) is 4.18. The second-order valence-corrected chi connectivity index (χ2v) is 4.95. The fourth-order valence-electron chi connectivity index (χ4n) is 1.74. The molecule has 1 aliphatic rings. The highest BCUT2D eigenvalue weighted by Gasteiger charge is 2.15. The molecule has 0 N–H and O–H groups in total. The largest absolute Gasteiger partial charge is 0.474 e. The van der Waals surface area contributed by atoms with Crippen molar-refractivity contribution in [3.63, 3.8) is 0 Å². The first-order chi connectivity index (χ1) is 7.75. The molecule has 16 heavy (non-hydrogen) atoms. The van der Waals surface area contributed by atoms with Gasteiger partial charge in [0.25, 0.3) is 0 Å².